The molecule has 152 valence electrons. The van der Waals surface area contributed by atoms with Crippen LogP contribution in [0.25, 0.3) is 0 Å². The van der Waals surface area contributed by atoms with E-state index in [1.54, 1.807) is 17.3 Å². The van der Waals surface area contributed by atoms with Crippen molar-refractivity contribution in [2.75, 3.05) is 6.54 Å². The van der Waals surface area contributed by atoms with E-state index in [1.165, 1.54) is 13.0 Å². The van der Waals surface area contributed by atoms with Crippen molar-refractivity contribution in [3.8, 4) is 0 Å². The summed E-state index contributed by atoms with van der Waals surface area (Å²) in [7, 11) is 0. The first-order valence-electron chi connectivity index (χ1n) is 9.81. The molecule has 1 aliphatic heterocycles. The summed E-state index contributed by atoms with van der Waals surface area (Å²) in [5.74, 6) is -2.03. The quantitative estimate of drug-likeness (QED) is 0.834. The highest BCUT2D eigenvalue weighted by atomic mass is 19.1. The molecule has 2 amide bonds. The van der Waals surface area contributed by atoms with Gasteiger partial charge in [-0.05, 0) is 30.5 Å². The van der Waals surface area contributed by atoms with Gasteiger partial charge in [-0.1, -0.05) is 18.6 Å². The molecule has 0 radical (unpaired) electrons. The second kappa shape index (κ2) is 7.54. The Morgan fingerprint density at radius 3 is 2.69 bits per heavy atom. The van der Waals surface area contributed by atoms with Gasteiger partial charge >= 0.3 is 0 Å². The fraction of sp³-hybridized carbons (Fsp3) is 0.409. The van der Waals surface area contributed by atoms with E-state index < -0.39 is 17.7 Å². The van der Waals surface area contributed by atoms with Crippen molar-refractivity contribution in [2.45, 2.75) is 44.7 Å². The number of amides is 2. The summed E-state index contributed by atoms with van der Waals surface area (Å²) in [6.07, 6.45) is 6.68. The summed E-state index contributed by atoms with van der Waals surface area (Å²) in [4.78, 5) is 30.8. The van der Waals surface area contributed by atoms with Gasteiger partial charge in [-0.25, -0.2) is 8.78 Å². The number of carbonyl (C=O) groups excluding carboxylic acids is 2. The van der Waals surface area contributed by atoms with Crippen LogP contribution in [0.3, 0.4) is 0 Å². The maximum Gasteiger partial charge on any atom is 0.225 e. The lowest BCUT2D eigenvalue weighted by atomic mass is 9.56. The fourth-order valence-corrected chi connectivity index (χ4v) is 4.66. The SMILES string of the molecule is CC(=O)NC(CC(=O)N1CC2(CCC2)C1c1cccnc1)c1ccc(F)cc1F. The molecule has 1 saturated heterocycles. The van der Waals surface area contributed by atoms with Gasteiger partial charge in [0, 0.05) is 42.9 Å². The topological polar surface area (TPSA) is 62.3 Å². The molecule has 2 aromatic rings. The number of hydrogen-bond acceptors (Lipinski definition) is 3. The van der Waals surface area contributed by atoms with E-state index in [9.17, 15) is 18.4 Å². The molecule has 1 spiro atoms. The average molecular weight is 399 g/mol. The van der Waals surface area contributed by atoms with Gasteiger partial charge in [0.25, 0.3) is 0 Å². The van der Waals surface area contributed by atoms with E-state index in [4.69, 9.17) is 0 Å². The fourth-order valence-electron chi connectivity index (χ4n) is 4.66. The average Bonchev–Trinajstić information content (AvgIpc) is 2.59. The molecule has 2 fully saturated rings. The minimum Gasteiger partial charge on any atom is -0.349 e. The molecule has 2 unspecified atom stereocenters. The third-order valence-electron chi connectivity index (χ3n) is 6.14. The molecule has 1 saturated carbocycles. The van der Waals surface area contributed by atoms with Crippen molar-refractivity contribution in [1.29, 1.82) is 0 Å². The molecule has 1 aromatic carbocycles. The zero-order chi connectivity index (χ0) is 20.6. The molecule has 1 aliphatic carbocycles. The third-order valence-corrected chi connectivity index (χ3v) is 6.14. The van der Waals surface area contributed by atoms with Gasteiger partial charge in [0.2, 0.25) is 11.8 Å². The molecular formula is C22H23F2N3O2. The standard InChI is InChI=1S/C22H23F2N3O2/c1-14(28)26-19(17-6-5-16(23)10-18(17)24)11-20(29)27-13-22(7-3-8-22)21(27)15-4-2-9-25-12-15/h2,4-6,9-10,12,19,21H,3,7-8,11,13H2,1H3,(H,26,28). The van der Waals surface area contributed by atoms with Gasteiger partial charge in [-0.3, -0.25) is 14.6 Å². The lowest BCUT2D eigenvalue weighted by molar-refractivity contribution is -0.169. The molecule has 5 nitrogen and oxygen atoms in total. The first-order valence-corrected chi connectivity index (χ1v) is 9.81. The number of halogens is 2. The zero-order valence-electron chi connectivity index (χ0n) is 16.2. The van der Waals surface area contributed by atoms with Crippen LogP contribution in [0.4, 0.5) is 8.78 Å². The number of likely N-dealkylation sites (tertiary alicyclic amines) is 1. The maximum absolute atomic E-state index is 14.3. The predicted octanol–water partition coefficient (Wildman–Crippen LogP) is 3.68. The molecule has 2 aliphatic rings. The molecule has 2 atom stereocenters. The molecule has 7 heteroatoms. The summed E-state index contributed by atoms with van der Waals surface area (Å²) in [5.41, 5.74) is 1.20. The highest BCUT2D eigenvalue weighted by Crippen LogP contribution is 2.60. The summed E-state index contributed by atoms with van der Waals surface area (Å²) < 4.78 is 27.6. The Bertz CT molecular complexity index is 931. The largest absolute Gasteiger partial charge is 0.349 e. The molecule has 2 heterocycles. The highest BCUT2D eigenvalue weighted by molar-refractivity contribution is 5.80. The Hall–Kier alpha value is -2.83. The van der Waals surface area contributed by atoms with E-state index in [1.807, 2.05) is 12.1 Å². The van der Waals surface area contributed by atoms with Crippen molar-refractivity contribution < 1.29 is 18.4 Å². The number of pyridine rings is 1. The van der Waals surface area contributed by atoms with Crippen LogP contribution in [0, 0.1) is 17.0 Å². The smallest absolute Gasteiger partial charge is 0.225 e. The first kappa shape index (κ1) is 19.5. The van der Waals surface area contributed by atoms with E-state index >= 15 is 0 Å². The van der Waals surface area contributed by atoms with E-state index in [2.05, 4.69) is 10.3 Å². The first-order chi connectivity index (χ1) is 13.9. The molecule has 4 rings (SSSR count). The molecule has 1 N–H and O–H groups in total. The number of hydrogen-bond donors (Lipinski definition) is 1. The van der Waals surface area contributed by atoms with Gasteiger partial charge in [0.05, 0.1) is 18.5 Å². The lowest BCUT2D eigenvalue weighted by Crippen LogP contribution is -2.63. The molecule has 29 heavy (non-hydrogen) atoms. The van der Waals surface area contributed by atoms with Gasteiger partial charge in [0.15, 0.2) is 0 Å². The summed E-state index contributed by atoms with van der Waals surface area (Å²) in [6.45, 7) is 1.97. The van der Waals surface area contributed by atoms with Crippen molar-refractivity contribution >= 4 is 11.8 Å². The Balaban J connectivity index is 1.56. The van der Waals surface area contributed by atoms with Crippen LogP contribution in [-0.2, 0) is 9.59 Å². The normalized spacial score (nSPS) is 20.5. The van der Waals surface area contributed by atoms with Crippen LogP contribution < -0.4 is 5.32 Å². The molecule has 1 aromatic heterocycles. The van der Waals surface area contributed by atoms with E-state index in [-0.39, 0.29) is 35.3 Å². The number of nitrogens with zero attached hydrogens (tertiary/aromatic N) is 2. The number of benzene rings is 1. The minimum atomic E-state index is -0.854. The second-order valence-electron chi connectivity index (χ2n) is 8.05. The van der Waals surface area contributed by atoms with Crippen molar-refractivity contribution in [3.63, 3.8) is 0 Å². The predicted molar refractivity (Wildman–Crippen MR) is 103 cm³/mol. The number of nitrogens with one attached hydrogen (secondary N) is 1. The van der Waals surface area contributed by atoms with Crippen LogP contribution in [0.1, 0.15) is 55.8 Å². The minimum absolute atomic E-state index is 0.0477. The number of aromatic nitrogens is 1. The van der Waals surface area contributed by atoms with Crippen LogP contribution in [0.2, 0.25) is 0 Å². The Morgan fingerprint density at radius 2 is 2.10 bits per heavy atom. The van der Waals surface area contributed by atoms with Gasteiger partial charge in [-0.2, -0.15) is 0 Å². The Kier molecular flexibility index (Phi) is 5.06. The molecular weight excluding hydrogens is 376 g/mol. The lowest BCUT2D eigenvalue weighted by Gasteiger charge is -2.62. The summed E-state index contributed by atoms with van der Waals surface area (Å²) in [6, 6.07) is 6.10. The summed E-state index contributed by atoms with van der Waals surface area (Å²) in [5, 5.41) is 2.63. The van der Waals surface area contributed by atoms with Crippen LogP contribution >= 0.6 is 0 Å². The third kappa shape index (κ3) is 3.61. The molecule has 0 bridgehead atoms. The highest BCUT2D eigenvalue weighted by Gasteiger charge is 2.57. The van der Waals surface area contributed by atoms with Crippen LogP contribution in [-0.4, -0.2) is 28.2 Å². The van der Waals surface area contributed by atoms with Crippen LogP contribution in [0.5, 0.6) is 0 Å². The Labute approximate surface area is 168 Å². The van der Waals surface area contributed by atoms with E-state index in [0.29, 0.717) is 6.54 Å². The van der Waals surface area contributed by atoms with Gasteiger partial charge < -0.3 is 10.2 Å². The Morgan fingerprint density at radius 1 is 1.31 bits per heavy atom. The van der Waals surface area contributed by atoms with Crippen molar-refractivity contribution in [2.24, 2.45) is 5.41 Å². The maximum atomic E-state index is 14.3. The van der Waals surface area contributed by atoms with Crippen LogP contribution in [0.15, 0.2) is 42.7 Å². The van der Waals surface area contributed by atoms with E-state index in [0.717, 1.165) is 37.0 Å². The summed E-state index contributed by atoms with van der Waals surface area (Å²) >= 11 is 0. The number of carbonyl (C=O) groups is 2. The monoisotopic (exact) mass is 399 g/mol. The van der Waals surface area contributed by atoms with Crippen molar-refractivity contribution in [3.05, 3.63) is 65.5 Å². The number of rotatable bonds is 5. The van der Waals surface area contributed by atoms with Crippen molar-refractivity contribution in [1.82, 2.24) is 15.2 Å². The second-order valence-corrected chi connectivity index (χ2v) is 8.05. The zero-order valence-corrected chi connectivity index (χ0v) is 16.2. The van der Waals surface area contributed by atoms with Gasteiger partial charge in [0.1, 0.15) is 11.6 Å². The van der Waals surface area contributed by atoms with Gasteiger partial charge in [-0.15, -0.1) is 0 Å².